The van der Waals surface area contributed by atoms with Gasteiger partial charge in [-0.05, 0) is 67.5 Å². The summed E-state index contributed by atoms with van der Waals surface area (Å²) in [6, 6.07) is 10.0. The molecule has 2 aliphatic carbocycles. The van der Waals surface area contributed by atoms with Crippen LogP contribution >= 0.6 is 0 Å². The largest absolute Gasteiger partial charge is 0.493 e. The van der Waals surface area contributed by atoms with E-state index in [-0.39, 0.29) is 36.5 Å². The molecular formula is C29H35F2NO5. The molecule has 2 fully saturated rings. The molecule has 200 valence electrons. The number of anilines is 1. The number of hydrogen-bond acceptors (Lipinski definition) is 4. The zero-order chi connectivity index (χ0) is 26.4. The van der Waals surface area contributed by atoms with Crippen molar-refractivity contribution in [1.82, 2.24) is 0 Å². The van der Waals surface area contributed by atoms with E-state index in [2.05, 4.69) is 5.32 Å². The predicted octanol–water partition coefficient (Wildman–Crippen LogP) is 6.98. The highest BCUT2D eigenvalue weighted by Gasteiger charge is 2.35. The molecule has 0 unspecified atom stereocenters. The van der Waals surface area contributed by atoms with Gasteiger partial charge in [0.1, 0.15) is 5.75 Å². The third-order valence-corrected chi connectivity index (χ3v) is 7.44. The minimum absolute atomic E-state index is 0.119. The molecular weight excluding hydrogens is 480 g/mol. The summed E-state index contributed by atoms with van der Waals surface area (Å²) in [4.78, 5) is 24.7. The Kier molecular flexibility index (Phi) is 9.14. The molecule has 2 atom stereocenters. The highest BCUT2D eigenvalue weighted by molar-refractivity contribution is 5.95. The average Bonchev–Trinajstić information content (AvgIpc) is 3.41. The number of carboxylic acid groups (broad SMARTS) is 1. The molecule has 1 amide bonds. The molecule has 2 aromatic carbocycles. The van der Waals surface area contributed by atoms with Gasteiger partial charge in [0, 0.05) is 5.69 Å². The van der Waals surface area contributed by atoms with Crippen LogP contribution in [-0.4, -0.2) is 29.7 Å². The van der Waals surface area contributed by atoms with Crippen molar-refractivity contribution in [3.63, 3.8) is 0 Å². The van der Waals surface area contributed by atoms with Crippen LogP contribution in [0.2, 0.25) is 0 Å². The smallest absolute Gasteiger partial charge is 0.307 e. The number of hydrogen-bond donors (Lipinski definition) is 2. The van der Waals surface area contributed by atoms with E-state index in [1.807, 2.05) is 0 Å². The second kappa shape index (κ2) is 12.5. The Hall–Kier alpha value is -3.00. The van der Waals surface area contributed by atoms with Gasteiger partial charge in [0.15, 0.2) is 0 Å². The van der Waals surface area contributed by atoms with E-state index in [9.17, 15) is 23.5 Å². The number of carbonyl (C=O) groups is 2. The Morgan fingerprint density at radius 1 is 1.00 bits per heavy atom. The summed E-state index contributed by atoms with van der Waals surface area (Å²) >= 11 is 0. The van der Waals surface area contributed by atoms with E-state index >= 15 is 0 Å². The van der Waals surface area contributed by atoms with Gasteiger partial charge in [-0.15, -0.1) is 0 Å². The first-order valence-corrected chi connectivity index (χ1v) is 13.2. The van der Waals surface area contributed by atoms with Gasteiger partial charge in [-0.25, -0.2) is 8.78 Å². The zero-order valence-electron chi connectivity index (χ0n) is 21.2. The topological polar surface area (TPSA) is 84.9 Å². The van der Waals surface area contributed by atoms with E-state index in [0.29, 0.717) is 35.2 Å². The lowest BCUT2D eigenvalue weighted by Crippen LogP contribution is -2.36. The number of carbonyl (C=O) groups excluding carboxylic acids is 1. The summed E-state index contributed by atoms with van der Waals surface area (Å²) in [5.74, 6) is -2.43. The van der Waals surface area contributed by atoms with Crippen molar-refractivity contribution in [2.75, 3.05) is 11.9 Å². The second-order valence-corrected chi connectivity index (χ2v) is 9.87. The highest BCUT2D eigenvalue weighted by atomic mass is 19.3. The number of alkyl halides is 2. The van der Waals surface area contributed by atoms with Crippen molar-refractivity contribution in [1.29, 1.82) is 0 Å². The SMILES string of the molecule is CCOc1cccc(-c2ccc(NC(=O)[C@H]3CCCC[C@H]3C(=O)O)cc2COC2CCCC2)c1C(F)F. The number of nitrogens with one attached hydrogen (secondary N) is 1. The number of amides is 1. The third-order valence-electron chi connectivity index (χ3n) is 7.44. The fourth-order valence-electron chi connectivity index (χ4n) is 5.58. The Bertz CT molecular complexity index is 1100. The van der Waals surface area contributed by atoms with Crippen molar-refractivity contribution in [2.24, 2.45) is 11.8 Å². The summed E-state index contributed by atoms with van der Waals surface area (Å²) < 4.78 is 40.0. The fourth-order valence-corrected chi connectivity index (χ4v) is 5.58. The van der Waals surface area contributed by atoms with Crippen LogP contribution < -0.4 is 10.1 Å². The van der Waals surface area contributed by atoms with E-state index in [4.69, 9.17) is 9.47 Å². The Morgan fingerprint density at radius 3 is 2.38 bits per heavy atom. The van der Waals surface area contributed by atoms with Crippen molar-refractivity contribution in [2.45, 2.75) is 77.4 Å². The molecule has 2 saturated carbocycles. The molecule has 37 heavy (non-hydrogen) atoms. The third kappa shape index (κ3) is 6.47. The van der Waals surface area contributed by atoms with E-state index in [0.717, 1.165) is 38.5 Å². The van der Waals surface area contributed by atoms with Gasteiger partial charge in [-0.1, -0.05) is 43.9 Å². The molecule has 0 aromatic heterocycles. The fraction of sp³-hybridized carbons (Fsp3) is 0.517. The Morgan fingerprint density at radius 2 is 1.70 bits per heavy atom. The first-order chi connectivity index (χ1) is 17.9. The summed E-state index contributed by atoms with van der Waals surface area (Å²) in [5, 5.41) is 12.4. The van der Waals surface area contributed by atoms with Crippen LogP contribution in [0.3, 0.4) is 0 Å². The van der Waals surface area contributed by atoms with E-state index in [1.54, 1.807) is 43.3 Å². The van der Waals surface area contributed by atoms with Crippen molar-refractivity contribution >= 4 is 17.6 Å². The van der Waals surface area contributed by atoms with Gasteiger partial charge in [-0.2, -0.15) is 0 Å². The van der Waals surface area contributed by atoms with Crippen molar-refractivity contribution < 1.29 is 33.0 Å². The molecule has 0 spiro atoms. The number of halogens is 2. The minimum atomic E-state index is -2.74. The number of rotatable bonds is 10. The number of carboxylic acids is 1. The maximum atomic E-state index is 14.2. The van der Waals surface area contributed by atoms with Crippen LogP contribution in [0, 0.1) is 11.8 Å². The predicted molar refractivity (Wildman–Crippen MR) is 137 cm³/mol. The zero-order valence-corrected chi connectivity index (χ0v) is 21.2. The lowest BCUT2D eigenvalue weighted by Gasteiger charge is -2.27. The molecule has 2 aromatic rings. The second-order valence-electron chi connectivity index (χ2n) is 9.87. The standard InChI is InChI=1S/C29H35F2NO5/c1-2-36-25-13-7-12-22(26(25)27(30)31)21-15-14-19(16-18(21)17-37-20-8-3-4-9-20)32-28(33)23-10-5-6-11-24(23)29(34)35/h7,12-16,20,23-24,27H,2-6,8-11,17H2,1H3,(H,32,33)(H,34,35)/t23-,24+/m0/s1. The highest BCUT2D eigenvalue weighted by Crippen LogP contribution is 2.40. The van der Waals surface area contributed by atoms with Gasteiger partial charge in [0.25, 0.3) is 6.43 Å². The lowest BCUT2D eigenvalue weighted by molar-refractivity contribution is -0.147. The van der Waals surface area contributed by atoms with Crippen molar-refractivity contribution in [3.05, 3.63) is 47.5 Å². The summed E-state index contributed by atoms with van der Waals surface area (Å²) in [6.45, 7) is 2.23. The van der Waals surface area contributed by atoms with Crippen LogP contribution in [0.5, 0.6) is 5.75 Å². The van der Waals surface area contributed by atoms with Gasteiger partial charge in [0.2, 0.25) is 5.91 Å². The lowest BCUT2D eigenvalue weighted by atomic mass is 9.78. The maximum absolute atomic E-state index is 14.2. The molecule has 8 heteroatoms. The number of ether oxygens (including phenoxy) is 2. The molecule has 0 saturated heterocycles. The summed E-state index contributed by atoms with van der Waals surface area (Å²) in [5.41, 5.74) is 1.96. The molecule has 6 nitrogen and oxygen atoms in total. The Balaban J connectivity index is 1.66. The molecule has 0 heterocycles. The van der Waals surface area contributed by atoms with Crippen LogP contribution in [0.1, 0.15) is 75.8 Å². The van der Waals surface area contributed by atoms with E-state index in [1.165, 1.54) is 0 Å². The van der Waals surface area contributed by atoms with Gasteiger partial charge in [-0.3, -0.25) is 9.59 Å². The molecule has 2 N–H and O–H groups in total. The first kappa shape index (κ1) is 27.0. The molecule has 2 aliphatic rings. The van der Waals surface area contributed by atoms with Crippen molar-refractivity contribution in [3.8, 4) is 16.9 Å². The number of aliphatic carboxylic acids is 1. The first-order valence-electron chi connectivity index (χ1n) is 13.2. The van der Waals surface area contributed by atoms with E-state index < -0.39 is 24.2 Å². The monoisotopic (exact) mass is 515 g/mol. The van der Waals surface area contributed by atoms with Gasteiger partial charge in [0.05, 0.1) is 36.7 Å². The van der Waals surface area contributed by atoms with Crippen LogP contribution in [0.15, 0.2) is 36.4 Å². The molecule has 4 rings (SSSR count). The summed E-state index contributed by atoms with van der Waals surface area (Å²) in [7, 11) is 0. The normalized spacial score (nSPS) is 20.2. The maximum Gasteiger partial charge on any atom is 0.307 e. The molecule has 0 bridgehead atoms. The van der Waals surface area contributed by atoms with Crippen LogP contribution in [0.25, 0.3) is 11.1 Å². The summed E-state index contributed by atoms with van der Waals surface area (Å²) in [6.07, 6.45) is 4.14. The van der Waals surface area contributed by atoms with Crippen LogP contribution in [0.4, 0.5) is 14.5 Å². The average molecular weight is 516 g/mol. The number of benzene rings is 2. The minimum Gasteiger partial charge on any atom is -0.493 e. The van der Waals surface area contributed by atoms with Gasteiger partial charge >= 0.3 is 5.97 Å². The quantitative estimate of drug-likeness (QED) is 0.357. The van der Waals surface area contributed by atoms with Gasteiger partial charge < -0.3 is 19.9 Å². The van der Waals surface area contributed by atoms with Crippen LogP contribution in [-0.2, 0) is 20.9 Å². The molecule has 0 aliphatic heterocycles. The Labute approximate surface area is 216 Å². The molecule has 0 radical (unpaired) electrons.